The van der Waals surface area contributed by atoms with Crippen LogP contribution >= 0.6 is 0 Å². The molecule has 2 aliphatic heterocycles. The summed E-state index contributed by atoms with van der Waals surface area (Å²) >= 11 is 0. The molecule has 1 spiro atoms. The normalized spacial score (nSPS) is 21.3. The van der Waals surface area contributed by atoms with Crippen LogP contribution in [0.15, 0.2) is 36.9 Å². The fraction of sp³-hybridized carbons (Fsp3) is 0.480. The molecule has 1 aliphatic carbocycles. The molecule has 0 radical (unpaired) electrons. The maximum atomic E-state index is 13.6. The minimum Gasteiger partial charge on any atom is -0.359 e. The lowest BCUT2D eigenvalue weighted by atomic mass is 9.76. The predicted octanol–water partition coefficient (Wildman–Crippen LogP) is 3.15. The summed E-state index contributed by atoms with van der Waals surface area (Å²) in [5.41, 5.74) is -1.09. The molecule has 5 rings (SSSR count). The molecule has 1 unspecified atom stereocenters. The van der Waals surface area contributed by atoms with Crippen LogP contribution in [0, 0.1) is 16.7 Å². The van der Waals surface area contributed by atoms with E-state index < -0.39 is 23.3 Å². The van der Waals surface area contributed by atoms with Gasteiger partial charge in [-0.2, -0.15) is 18.4 Å². The van der Waals surface area contributed by atoms with Crippen LogP contribution in [0.25, 0.3) is 0 Å². The Labute approximate surface area is 206 Å². The van der Waals surface area contributed by atoms with Crippen molar-refractivity contribution in [2.75, 3.05) is 24.5 Å². The molecular weight excluding hydrogens is 473 g/mol. The van der Waals surface area contributed by atoms with Crippen molar-refractivity contribution in [2.24, 2.45) is 5.41 Å². The molecule has 1 aromatic heterocycles. The number of rotatable bonds is 4. The second-order valence-corrected chi connectivity index (χ2v) is 9.89. The van der Waals surface area contributed by atoms with E-state index in [1.807, 2.05) is 0 Å². The Morgan fingerprint density at radius 2 is 1.83 bits per heavy atom. The maximum absolute atomic E-state index is 13.6. The molecule has 1 atom stereocenters. The van der Waals surface area contributed by atoms with Gasteiger partial charge in [0.15, 0.2) is 0 Å². The van der Waals surface area contributed by atoms with Gasteiger partial charge in [-0.15, -0.1) is 0 Å². The van der Waals surface area contributed by atoms with E-state index >= 15 is 0 Å². The van der Waals surface area contributed by atoms with E-state index in [-0.39, 0.29) is 29.0 Å². The predicted molar refractivity (Wildman–Crippen MR) is 123 cm³/mol. The van der Waals surface area contributed by atoms with Crippen LogP contribution in [0.1, 0.15) is 53.6 Å². The Hall–Kier alpha value is -3.68. The summed E-state index contributed by atoms with van der Waals surface area (Å²) in [5.74, 6) is -0.350. The van der Waals surface area contributed by atoms with E-state index in [0.717, 1.165) is 18.9 Å². The monoisotopic (exact) mass is 498 g/mol. The molecule has 3 heterocycles. The molecule has 2 saturated heterocycles. The zero-order valence-corrected chi connectivity index (χ0v) is 19.5. The summed E-state index contributed by atoms with van der Waals surface area (Å²) in [5, 5.41) is 12.2. The number of benzene rings is 1. The van der Waals surface area contributed by atoms with Gasteiger partial charge in [-0.25, -0.2) is 9.97 Å². The van der Waals surface area contributed by atoms with Crippen LogP contribution in [-0.4, -0.2) is 58.4 Å². The van der Waals surface area contributed by atoms with Gasteiger partial charge in [0.1, 0.15) is 12.4 Å². The van der Waals surface area contributed by atoms with Crippen LogP contribution in [0.4, 0.5) is 18.9 Å². The smallest absolute Gasteiger partial charge is 0.359 e. The third-order valence-corrected chi connectivity index (χ3v) is 7.41. The van der Waals surface area contributed by atoms with Crippen LogP contribution in [0.3, 0.4) is 0 Å². The molecule has 2 amide bonds. The highest BCUT2D eigenvalue weighted by Crippen LogP contribution is 2.46. The number of anilines is 1. The highest BCUT2D eigenvalue weighted by molar-refractivity contribution is 5.93. The number of aromatic nitrogens is 2. The van der Waals surface area contributed by atoms with Crippen molar-refractivity contribution in [3.05, 3.63) is 53.6 Å². The summed E-state index contributed by atoms with van der Waals surface area (Å²) in [4.78, 5) is 37.3. The summed E-state index contributed by atoms with van der Waals surface area (Å²) in [6.45, 7) is 1.34. The maximum Gasteiger partial charge on any atom is 0.417 e. The first-order valence-corrected chi connectivity index (χ1v) is 11.9. The average molecular weight is 499 g/mol. The van der Waals surface area contributed by atoms with Crippen LogP contribution in [0.2, 0.25) is 0 Å². The van der Waals surface area contributed by atoms with Gasteiger partial charge in [0.05, 0.1) is 22.8 Å². The van der Waals surface area contributed by atoms with Crippen molar-refractivity contribution in [1.29, 1.82) is 5.26 Å². The lowest BCUT2D eigenvalue weighted by molar-refractivity contribution is -0.137. The third kappa shape index (κ3) is 4.72. The number of hydrogen-bond acceptors (Lipinski definition) is 6. The van der Waals surface area contributed by atoms with Crippen LogP contribution in [-0.2, 0) is 11.0 Å². The lowest BCUT2D eigenvalue weighted by Gasteiger charge is -2.39. The third-order valence-electron chi connectivity index (χ3n) is 7.41. The Morgan fingerprint density at radius 1 is 1.14 bits per heavy atom. The Morgan fingerprint density at radius 3 is 2.44 bits per heavy atom. The highest BCUT2D eigenvalue weighted by atomic mass is 19.4. The quantitative estimate of drug-likeness (QED) is 0.695. The number of carbonyl (C=O) groups excluding carboxylic acids is 2. The SMILES string of the molecule is N#Cc1ccc(N2CC3(CCN(C(=O)c4cncnc4)CC3)CC2C(=O)NC2CC2)cc1C(F)(F)F. The number of alkyl halides is 3. The van der Waals surface area contributed by atoms with Crippen molar-refractivity contribution in [3.63, 3.8) is 0 Å². The number of amides is 2. The van der Waals surface area contributed by atoms with Crippen molar-refractivity contribution in [1.82, 2.24) is 20.2 Å². The molecule has 8 nitrogen and oxygen atoms in total. The average Bonchev–Trinajstić information content (AvgIpc) is 3.62. The number of carbonyl (C=O) groups is 2. The number of hydrogen-bond donors (Lipinski definition) is 1. The number of likely N-dealkylation sites (tertiary alicyclic amines) is 1. The van der Waals surface area contributed by atoms with Gasteiger partial charge in [-0.3, -0.25) is 9.59 Å². The summed E-state index contributed by atoms with van der Waals surface area (Å²) in [7, 11) is 0. The summed E-state index contributed by atoms with van der Waals surface area (Å²) in [6, 6.07) is 4.74. The fourth-order valence-corrected chi connectivity index (χ4v) is 5.27. The van der Waals surface area contributed by atoms with E-state index in [1.165, 1.54) is 30.9 Å². The minimum absolute atomic E-state index is 0.121. The van der Waals surface area contributed by atoms with Gasteiger partial charge in [0.2, 0.25) is 5.91 Å². The number of nitrogens with zero attached hydrogens (tertiary/aromatic N) is 5. The molecule has 2 aromatic rings. The molecule has 3 aliphatic rings. The Kier molecular flexibility index (Phi) is 6.06. The van der Waals surface area contributed by atoms with E-state index in [1.54, 1.807) is 15.9 Å². The molecule has 1 N–H and O–H groups in total. The van der Waals surface area contributed by atoms with Crippen molar-refractivity contribution in [3.8, 4) is 6.07 Å². The van der Waals surface area contributed by atoms with Gasteiger partial charge < -0.3 is 15.1 Å². The van der Waals surface area contributed by atoms with Crippen molar-refractivity contribution in [2.45, 2.75) is 50.4 Å². The highest BCUT2D eigenvalue weighted by Gasteiger charge is 2.49. The van der Waals surface area contributed by atoms with Gasteiger partial charge in [-0.1, -0.05) is 0 Å². The zero-order valence-electron chi connectivity index (χ0n) is 19.5. The lowest BCUT2D eigenvalue weighted by Crippen LogP contribution is -2.44. The number of nitriles is 1. The molecule has 36 heavy (non-hydrogen) atoms. The largest absolute Gasteiger partial charge is 0.417 e. The van der Waals surface area contributed by atoms with Crippen molar-refractivity contribution < 1.29 is 22.8 Å². The molecule has 0 bridgehead atoms. The first-order valence-electron chi connectivity index (χ1n) is 11.9. The summed E-state index contributed by atoms with van der Waals surface area (Å²) < 4.78 is 40.9. The Bertz CT molecular complexity index is 1200. The molecule has 1 aromatic carbocycles. The second-order valence-electron chi connectivity index (χ2n) is 9.89. The number of halogens is 3. The number of piperidine rings is 1. The van der Waals surface area contributed by atoms with E-state index in [2.05, 4.69) is 15.3 Å². The fourth-order valence-electron chi connectivity index (χ4n) is 5.27. The molecule has 188 valence electrons. The first kappa shape index (κ1) is 24.0. The van der Waals surface area contributed by atoms with Gasteiger partial charge >= 0.3 is 6.18 Å². The van der Waals surface area contributed by atoms with Gasteiger partial charge in [0, 0.05) is 43.8 Å². The minimum atomic E-state index is -4.68. The van der Waals surface area contributed by atoms with E-state index in [0.29, 0.717) is 44.5 Å². The molecule has 3 fully saturated rings. The Balaban J connectivity index is 1.39. The topological polar surface area (TPSA) is 102 Å². The van der Waals surface area contributed by atoms with E-state index in [9.17, 15) is 22.8 Å². The van der Waals surface area contributed by atoms with Crippen molar-refractivity contribution >= 4 is 17.5 Å². The van der Waals surface area contributed by atoms with Gasteiger partial charge in [0.25, 0.3) is 5.91 Å². The standard InChI is InChI=1S/C25H25F3N6O2/c26-25(27,28)20-9-19(4-1-16(20)11-29)34-14-24(10-21(34)22(35)32-18-2-3-18)5-7-33(8-6-24)23(36)17-12-30-15-31-13-17/h1,4,9,12-13,15,18,21H,2-3,5-8,10,14H2,(H,32,35). The first-order chi connectivity index (χ1) is 17.2. The summed E-state index contributed by atoms with van der Waals surface area (Å²) in [6.07, 6.45) is 3.15. The zero-order chi connectivity index (χ0) is 25.5. The molecular formula is C25H25F3N6O2. The molecule has 1 saturated carbocycles. The van der Waals surface area contributed by atoms with Crippen LogP contribution in [0.5, 0.6) is 0 Å². The molecule has 11 heteroatoms. The van der Waals surface area contributed by atoms with Gasteiger partial charge in [-0.05, 0) is 55.7 Å². The van der Waals surface area contributed by atoms with E-state index in [4.69, 9.17) is 5.26 Å². The second kappa shape index (κ2) is 9.08. The number of nitrogens with one attached hydrogen (secondary N) is 1. The van der Waals surface area contributed by atoms with Crippen LogP contribution < -0.4 is 10.2 Å².